The van der Waals surface area contributed by atoms with E-state index in [4.69, 9.17) is 10.1 Å². The Morgan fingerprint density at radius 3 is 2.71 bits per heavy atom. The second-order valence-corrected chi connectivity index (χ2v) is 2.22. The number of diazo groups is 1. The third-order valence-electron chi connectivity index (χ3n) is 1.59. The van der Waals surface area contributed by atoms with Gasteiger partial charge in [0.1, 0.15) is 0 Å². The fraction of sp³-hybridized carbons (Fsp3) is 0.143. The quantitative estimate of drug-likeness (QED) is 0.390. The third kappa shape index (κ3) is 2.71. The molecule has 1 aromatic carbocycles. The maximum atomic E-state index is 8.53. The van der Waals surface area contributed by atoms with Crippen LogP contribution in [0.2, 0.25) is 0 Å². The Labute approximate surface area is 107 Å². The summed E-state index contributed by atoms with van der Waals surface area (Å²) in [6.45, 7) is 0.446. The zero-order valence-corrected chi connectivity index (χ0v) is 11.7. The Kier molecular flexibility index (Phi) is 7.76. The number of halogens is 2. The van der Waals surface area contributed by atoms with Crippen molar-refractivity contribution in [2.45, 2.75) is 0 Å². The van der Waals surface area contributed by atoms with Gasteiger partial charge < -0.3 is 34.9 Å². The summed E-state index contributed by atoms with van der Waals surface area (Å²) in [6.07, 6.45) is 0. The number of hydrogen-bond acceptors (Lipinski definition) is 3. The van der Waals surface area contributed by atoms with Gasteiger partial charge in [0.25, 0.3) is 0 Å². The predicted molar refractivity (Wildman–Crippen MR) is 40.3 cm³/mol. The van der Waals surface area contributed by atoms with Crippen LogP contribution < -0.4 is 34.9 Å². The Morgan fingerprint density at radius 2 is 2.07 bits per heavy atom. The van der Waals surface area contributed by atoms with Crippen LogP contribution in [0, 0.1) is 5.39 Å². The van der Waals surface area contributed by atoms with Gasteiger partial charge in [0.05, 0.1) is 0 Å². The van der Waals surface area contributed by atoms with Crippen LogP contribution in [0.25, 0.3) is 4.98 Å². The number of rotatable bonds is 0. The summed E-state index contributed by atoms with van der Waals surface area (Å²) in [5.41, 5.74) is 1.27. The predicted octanol–water partition coefficient (Wildman–Crippen LogP) is -4.06. The Hall–Kier alpha value is -0.557. The first kappa shape index (κ1) is 15.9. The van der Waals surface area contributed by atoms with Gasteiger partial charge in [0, 0.05) is 25.5 Å². The fourth-order valence-corrected chi connectivity index (χ4v) is 1.09. The van der Waals surface area contributed by atoms with E-state index in [1.165, 1.54) is 0 Å². The molecule has 0 spiro atoms. The summed E-state index contributed by atoms with van der Waals surface area (Å²) in [5.74, 6) is 0.736. The average Bonchev–Trinajstić information content (AvgIpc) is 2.50. The molecule has 1 aliphatic rings. The molecule has 0 saturated carbocycles. The summed E-state index contributed by atoms with van der Waals surface area (Å²) < 4.78 is 5.16. The Bertz CT molecular complexity index is 342. The van der Waals surface area contributed by atoms with E-state index in [1.54, 1.807) is 12.1 Å². The Balaban J connectivity index is 0. The molecule has 1 N–H and O–H groups in total. The molecule has 1 heterocycles. The van der Waals surface area contributed by atoms with Gasteiger partial charge in [-0.25, -0.2) is 0 Å². The van der Waals surface area contributed by atoms with Crippen LogP contribution in [0.1, 0.15) is 0 Å². The van der Waals surface area contributed by atoms with E-state index in [2.05, 4.69) is 10.3 Å². The van der Waals surface area contributed by atoms with Crippen LogP contribution in [0.15, 0.2) is 18.2 Å². The molecule has 0 aromatic heterocycles. The second-order valence-electron chi connectivity index (χ2n) is 2.22. The van der Waals surface area contributed by atoms with Crippen LogP contribution in [-0.2, 0) is 19.5 Å². The molecule has 14 heavy (non-hydrogen) atoms. The molecule has 2 rings (SSSR count). The van der Waals surface area contributed by atoms with Gasteiger partial charge in [-0.2, -0.15) is 0 Å². The number of anilines is 1. The minimum Gasteiger partial charge on any atom is -1.00 e. The molecule has 0 saturated heterocycles. The normalized spacial score (nSPS) is 9.93. The molecule has 7 heteroatoms. The van der Waals surface area contributed by atoms with Crippen molar-refractivity contribution in [1.29, 1.82) is 5.39 Å². The summed E-state index contributed by atoms with van der Waals surface area (Å²) in [4.78, 5) is 3.10. The van der Waals surface area contributed by atoms with Crippen molar-refractivity contribution >= 4 is 11.4 Å². The number of benzene rings is 1. The first-order valence-corrected chi connectivity index (χ1v) is 3.26. The largest absolute Gasteiger partial charge is 1.00 e. The summed E-state index contributed by atoms with van der Waals surface area (Å²) in [5, 5.41) is 11.5. The average molecular weight is 284 g/mol. The van der Waals surface area contributed by atoms with Gasteiger partial charge in [-0.3, -0.25) is 0 Å². The first-order valence-electron chi connectivity index (χ1n) is 3.26. The van der Waals surface area contributed by atoms with Crippen molar-refractivity contribution in [1.82, 2.24) is 0 Å². The molecule has 1 aromatic rings. The zero-order chi connectivity index (χ0) is 7.68. The zero-order valence-electron chi connectivity index (χ0n) is 7.20. The molecule has 72 valence electrons. The van der Waals surface area contributed by atoms with Crippen molar-refractivity contribution < 1.29 is 49.0 Å². The number of ether oxygens (including phenoxy) is 1. The molecule has 0 aliphatic carbocycles. The van der Waals surface area contributed by atoms with Crippen molar-refractivity contribution in [3.63, 3.8) is 0 Å². The molecule has 0 bridgehead atoms. The molecule has 1 aliphatic heterocycles. The van der Waals surface area contributed by atoms with Gasteiger partial charge >= 0.3 is 5.69 Å². The molecule has 4 nitrogen and oxygen atoms in total. The molecule has 0 unspecified atom stereocenters. The Morgan fingerprint density at radius 1 is 1.36 bits per heavy atom. The molecule has 0 atom stereocenters. The van der Waals surface area contributed by atoms with Gasteiger partial charge in [-0.1, -0.05) is 6.07 Å². The van der Waals surface area contributed by atoms with Crippen LogP contribution in [0.5, 0.6) is 5.75 Å². The van der Waals surface area contributed by atoms with Crippen molar-refractivity contribution in [3.05, 3.63) is 23.2 Å². The van der Waals surface area contributed by atoms with Crippen LogP contribution >= 0.6 is 0 Å². The topological polar surface area (TPSA) is 49.4 Å². The maximum absolute atomic E-state index is 8.53. The number of para-hydroxylation sites is 1. The summed E-state index contributed by atoms with van der Waals surface area (Å²) in [6, 6.07) is 5.31. The van der Waals surface area contributed by atoms with Gasteiger partial charge in [0.2, 0.25) is 5.39 Å². The smallest absolute Gasteiger partial charge is 0.411 e. The van der Waals surface area contributed by atoms with E-state index in [0.717, 1.165) is 11.4 Å². The number of nitrogens with zero attached hydrogens (tertiary/aromatic N) is 2. The van der Waals surface area contributed by atoms with Crippen molar-refractivity contribution in [2.75, 3.05) is 12.0 Å². The minimum atomic E-state index is 0. The van der Waals surface area contributed by atoms with Crippen molar-refractivity contribution in [3.8, 4) is 5.75 Å². The van der Waals surface area contributed by atoms with E-state index < -0.39 is 0 Å². The summed E-state index contributed by atoms with van der Waals surface area (Å²) in [7, 11) is 0. The number of nitrogens with one attached hydrogen (secondary N) is 1. The van der Waals surface area contributed by atoms with Crippen LogP contribution in [0.4, 0.5) is 11.4 Å². The SMILES string of the molecule is N#[N+]c1cccc2c1NCO2.[Cl-].[Cl-].[Zn]. The van der Waals surface area contributed by atoms with Crippen LogP contribution in [-0.4, -0.2) is 6.73 Å². The van der Waals surface area contributed by atoms with Gasteiger partial charge in [0.15, 0.2) is 23.1 Å². The number of hydrogen-bond donors (Lipinski definition) is 1. The molecule has 0 fully saturated rings. The molecular weight excluding hydrogens is 278 g/mol. The minimum absolute atomic E-state index is 0. The summed E-state index contributed by atoms with van der Waals surface area (Å²) >= 11 is 0. The standard InChI is InChI=1S/C7H6N3O.2ClH.Zn/c8-10-5-2-1-3-6-7(5)9-4-11-6;;;/h1-3,9H,4H2;2*1H;/q+1;;;/p-2. The third-order valence-corrected chi connectivity index (χ3v) is 1.59. The van der Waals surface area contributed by atoms with Crippen molar-refractivity contribution in [2.24, 2.45) is 0 Å². The van der Waals surface area contributed by atoms with Crippen LogP contribution in [0.3, 0.4) is 0 Å². The van der Waals surface area contributed by atoms with Gasteiger partial charge in [-0.15, -0.1) is 0 Å². The maximum Gasteiger partial charge on any atom is 0.411 e. The second kappa shape index (κ2) is 6.83. The number of fused-ring (bicyclic) bond motifs is 1. The van der Waals surface area contributed by atoms with Gasteiger partial charge in [-0.05, 0) is 6.07 Å². The van der Waals surface area contributed by atoms with E-state index in [-0.39, 0.29) is 44.3 Å². The molecular formula is C7H6Cl2N3OZn-. The molecule has 0 amide bonds. The fourth-order valence-electron chi connectivity index (χ4n) is 1.09. The van der Waals surface area contributed by atoms with E-state index in [0.29, 0.717) is 12.4 Å². The first-order chi connectivity index (χ1) is 5.42. The van der Waals surface area contributed by atoms with E-state index in [1.807, 2.05) is 6.07 Å². The van der Waals surface area contributed by atoms with E-state index >= 15 is 0 Å². The molecule has 0 radical (unpaired) electrons. The monoisotopic (exact) mass is 282 g/mol. The van der Waals surface area contributed by atoms with E-state index in [9.17, 15) is 0 Å².